The third-order valence-electron chi connectivity index (χ3n) is 3.58. The molecule has 0 bridgehead atoms. The summed E-state index contributed by atoms with van der Waals surface area (Å²) in [5.41, 5.74) is 1.91. The Labute approximate surface area is 109 Å². The molecule has 0 aliphatic carbocycles. The summed E-state index contributed by atoms with van der Waals surface area (Å²) in [5.74, 6) is 1.10. The fraction of sp³-hybridized carbons (Fsp3) is 0.533. The Morgan fingerprint density at radius 3 is 2.94 bits per heavy atom. The maximum Gasteiger partial charge on any atom is 0.164 e. The molecule has 0 radical (unpaired) electrons. The molecule has 0 aromatic heterocycles. The molecule has 3 nitrogen and oxygen atoms in total. The number of Topliss-reactive ketones (excluding diaryl/α,β-unsaturated/α-hetero) is 1. The maximum atomic E-state index is 12.2. The Kier molecular flexibility index (Phi) is 4.37. The van der Waals surface area contributed by atoms with E-state index in [9.17, 15) is 4.79 Å². The number of carbonyl (C=O) groups excluding carboxylic acids is 1. The van der Waals surface area contributed by atoms with Crippen LogP contribution in [0.15, 0.2) is 18.2 Å². The molecular formula is C15H21NO2. The van der Waals surface area contributed by atoms with Gasteiger partial charge in [-0.05, 0) is 49.6 Å². The van der Waals surface area contributed by atoms with E-state index in [1.165, 1.54) is 6.42 Å². The lowest BCUT2D eigenvalue weighted by Crippen LogP contribution is -2.24. The average molecular weight is 247 g/mol. The van der Waals surface area contributed by atoms with Gasteiger partial charge in [-0.3, -0.25) is 4.79 Å². The third-order valence-corrected chi connectivity index (χ3v) is 3.58. The van der Waals surface area contributed by atoms with Crippen LogP contribution in [-0.2, 0) is 6.42 Å². The minimum absolute atomic E-state index is 0.228. The Balaban J connectivity index is 2.09. The van der Waals surface area contributed by atoms with Gasteiger partial charge in [-0.15, -0.1) is 0 Å². The van der Waals surface area contributed by atoms with Gasteiger partial charge in [-0.1, -0.05) is 6.92 Å². The van der Waals surface area contributed by atoms with Gasteiger partial charge >= 0.3 is 0 Å². The van der Waals surface area contributed by atoms with E-state index in [0.717, 1.165) is 36.3 Å². The monoisotopic (exact) mass is 247 g/mol. The molecule has 3 heteroatoms. The molecule has 1 aliphatic heterocycles. The van der Waals surface area contributed by atoms with Crippen LogP contribution in [0.2, 0.25) is 0 Å². The molecule has 18 heavy (non-hydrogen) atoms. The average Bonchev–Trinajstić information content (AvgIpc) is 2.90. The van der Waals surface area contributed by atoms with Crippen LogP contribution in [0.25, 0.3) is 0 Å². The Bertz CT molecular complexity index is 423. The van der Waals surface area contributed by atoms with E-state index >= 15 is 0 Å². The standard InChI is InChI=1S/C15H21NO2/c1-3-11-9-12(6-7-15(11)18-2)14(17)10-13-5-4-8-16-13/h6-7,9,13,16H,3-5,8,10H2,1-2H3. The molecule has 1 aromatic rings. The van der Waals surface area contributed by atoms with E-state index in [4.69, 9.17) is 4.74 Å². The molecule has 1 atom stereocenters. The van der Waals surface area contributed by atoms with Gasteiger partial charge in [-0.25, -0.2) is 0 Å². The van der Waals surface area contributed by atoms with Gasteiger partial charge in [0, 0.05) is 18.0 Å². The quantitative estimate of drug-likeness (QED) is 0.813. The van der Waals surface area contributed by atoms with Crippen LogP contribution in [0, 0.1) is 0 Å². The van der Waals surface area contributed by atoms with Gasteiger partial charge in [0.2, 0.25) is 0 Å². The Hall–Kier alpha value is -1.35. The fourth-order valence-corrected chi connectivity index (χ4v) is 2.50. The summed E-state index contributed by atoms with van der Waals surface area (Å²) in [6.07, 6.45) is 3.78. The van der Waals surface area contributed by atoms with Crippen LogP contribution >= 0.6 is 0 Å². The molecule has 1 N–H and O–H groups in total. The van der Waals surface area contributed by atoms with Crippen molar-refractivity contribution in [3.05, 3.63) is 29.3 Å². The van der Waals surface area contributed by atoms with E-state index in [1.807, 2.05) is 18.2 Å². The van der Waals surface area contributed by atoms with Gasteiger partial charge < -0.3 is 10.1 Å². The van der Waals surface area contributed by atoms with Crippen molar-refractivity contribution in [3.63, 3.8) is 0 Å². The minimum Gasteiger partial charge on any atom is -0.496 e. The molecule has 1 unspecified atom stereocenters. The largest absolute Gasteiger partial charge is 0.496 e. The second-order valence-electron chi connectivity index (χ2n) is 4.80. The van der Waals surface area contributed by atoms with Crippen LogP contribution in [-0.4, -0.2) is 25.5 Å². The molecule has 0 saturated carbocycles. The predicted molar refractivity (Wildman–Crippen MR) is 72.3 cm³/mol. The zero-order chi connectivity index (χ0) is 13.0. The van der Waals surface area contributed by atoms with Crippen LogP contribution in [0.4, 0.5) is 0 Å². The smallest absolute Gasteiger partial charge is 0.164 e. The van der Waals surface area contributed by atoms with Crippen molar-refractivity contribution in [2.45, 2.75) is 38.6 Å². The number of rotatable bonds is 5. The number of ether oxygens (including phenoxy) is 1. The van der Waals surface area contributed by atoms with Crippen LogP contribution in [0.5, 0.6) is 5.75 Å². The zero-order valence-corrected chi connectivity index (χ0v) is 11.2. The van der Waals surface area contributed by atoms with Crippen molar-refractivity contribution in [3.8, 4) is 5.75 Å². The summed E-state index contributed by atoms with van der Waals surface area (Å²) in [6.45, 7) is 3.12. The van der Waals surface area contributed by atoms with Crippen molar-refractivity contribution in [1.29, 1.82) is 0 Å². The molecule has 0 amide bonds. The summed E-state index contributed by atoms with van der Waals surface area (Å²) < 4.78 is 5.28. The summed E-state index contributed by atoms with van der Waals surface area (Å²) >= 11 is 0. The highest BCUT2D eigenvalue weighted by molar-refractivity contribution is 5.96. The lowest BCUT2D eigenvalue weighted by Gasteiger charge is -2.11. The summed E-state index contributed by atoms with van der Waals surface area (Å²) in [7, 11) is 1.67. The molecule has 98 valence electrons. The summed E-state index contributed by atoms with van der Waals surface area (Å²) in [4.78, 5) is 12.2. The van der Waals surface area contributed by atoms with Gasteiger partial charge in [-0.2, -0.15) is 0 Å². The number of hydrogen-bond acceptors (Lipinski definition) is 3. The molecule has 1 heterocycles. The lowest BCUT2D eigenvalue weighted by molar-refractivity contribution is 0.0971. The normalized spacial score (nSPS) is 18.9. The van der Waals surface area contributed by atoms with Crippen molar-refractivity contribution in [1.82, 2.24) is 5.32 Å². The number of methoxy groups -OCH3 is 1. The first-order valence-corrected chi connectivity index (χ1v) is 6.68. The van der Waals surface area contributed by atoms with Crippen LogP contribution in [0.1, 0.15) is 42.1 Å². The van der Waals surface area contributed by atoms with Crippen LogP contribution in [0.3, 0.4) is 0 Å². The summed E-state index contributed by atoms with van der Waals surface area (Å²) in [6, 6.07) is 6.10. The number of benzene rings is 1. The second-order valence-corrected chi connectivity index (χ2v) is 4.80. The molecule has 1 aromatic carbocycles. The van der Waals surface area contributed by atoms with Crippen molar-refractivity contribution in [2.75, 3.05) is 13.7 Å². The molecule has 1 fully saturated rings. The van der Waals surface area contributed by atoms with Crippen LogP contribution < -0.4 is 10.1 Å². The highest BCUT2D eigenvalue weighted by Crippen LogP contribution is 2.22. The maximum absolute atomic E-state index is 12.2. The number of aryl methyl sites for hydroxylation is 1. The van der Waals surface area contributed by atoms with Crippen molar-refractivity contribution >= 4 is 5.78 Å². The van der Waals surface area contributed by atoms with Gasteiger partial charge in [0.05, 0.1) is 7.11 Å². The summed E-state index contributed by atoms with van der Waals surface area (Å²) in [5, 5.41) is 3.36. The second kappa shape index (κ2) is 6.01. The third kappa shape index (κ3) is 2.91. The van der Waals surface area contributed by atoms with E-state index < -0.39 is 0 Å². The van der Waals surface area contributed by atoms with E-state index in [1.54, 1.807) is 7.11 Å². The minimum atomic E-state index is 0.228. The topological polar surface area (TPSA) is 38.3 Å². The van der Waals surface area contributed by atoms with Gasteiger partial charge in [0.15, 0.2) is 5.78 Å². The van der Waals surface area contributed by atoms with Crippen molar-refractivity contribution in [2.24, 2.45) is 0 Å². The first-order valence-electron chi connectivity index (χ1n) is 6.68. The Morgan fingerprint density at radius 2 is 2.33 bits per heavy atom. The number of ketones is 1. The number of nitrogens with one attached hydrogen (secondary N) is 1. The van der Waals surface area contributed by atoms with E-state index in [2.05, 4.69) is 12.2 Å². The number of hydrogen-bond donors (Lipinski definition) is 1. The molecule has 1 aliphatic rings. The first kappa shape index (κ1) is 13.1. The van der Waals surface area contributed by atoms with Crippen molar-refractivity contribution < 1.29 is 9.53 Å². The zero-order valence-electron chi connectivity index (χ0n) is 11.2. The number of carbonyl (C=O) groups is 1. The first-order chi connectivity index (χ1) is 8.74. The fourth-order valence-electron chi connectivity index (χ4n) is 2.50. The SMILES string of the molecule is CCc1cc(C(=O)CC2CCCN2)ccc1OC. The highest BCUT2D eigenvalue weighted by atomic mass is 16.5. The van der Waals surface area contributed by atoms with Gasteiger partial charge in [0.1, 0.15) is 5.75 Å². The molecular weight excluding hydrogens is 226 g/mol. The molecule has 0 spiro atoms. The lowest BCUT2D eigenvalue weighted by atomic mass is 9.99. The van der Waals surface area contributed by atoms with Gasteiger partial charge in [0.25, 0.3) is 0 Å². The Morgan fingerprint density at radius 1 is 1.50 bits per heavy atom. The van der Waals surface area contributed by atoms with E-state index in [0.29, 0.717) is 12.5 Å². The molecule has 2 rings (SSSR count). The highest BCUT2D eigenvalue weighted by Gasteiger charge is 2.19. The van der Waals surface area contributed by atoms with E-state index in [-0.39, 0.29) is 5.78 Å². The predicted octanol–water partition coefficient (Wildman–Crippen LogP) is 2.58. The molecule has 1 saturated heterocycles.